The van der Waals surface area contributed by atoms with Crippen molar-refractivity contribution >= 4 is 15.9 Å². The van der Waals surface area contributed by atoms with Crippen molar-refractivity contribution < 1.29 is 26.7 Å². The smallest absolute Gasteiger partial charge is 0.453 e. The van der Waals surface area contributed by atoms with Crippen LogP contribution in [0.2, 0.25) is 0 Å². The molecule has 0 saturated heterocycles. The molecular formula is C11H10BrF5O. The van der Waals surface area contributed by atoms with Crippen molar-refractivity contribution in [2.75, 3.05) is 6.61 Å². The van der Waals surface area contributed by atoms with E-state index in [-0.39, 0.29) is 13.0 Å². The van der Waals surface area contributed by atoms with E-state index in [2.05, 4.69) is 15.9 Å². The van der Waals surface area contributed by atoms with Crippen LogP contribution in [0.1, 0.15) is 12.8 Å². The van der Waals surface area contributed by atoms with Crippen LogP contribution in [0.4, 0.5) is 22.0 Å². The highest BCUT2D eigenvalue weighted by Gasteiger charge is 2.56. The Morgan fingerprint density at radius 3 is 2.06 bits per heavy atom. The van der Waals surface area contributed by atoms with Crippen LogP contribution in [0.5, 0.6) is 5.75 Å². The van der Waals surface area contributed by atoms with E-state index in [0.717, 1.165) is 4.47 Å². The van der Waals surface area contributed by atoms with Crippen LogP contribution in [-0.2, 0) is 0 Å². The molecule has 0 N–H and O–H groups in total. The van der Waals surface area contributed by atoms with Crippen molar-refractivity contribution in [3.8, 4) is 5.75 Å². The second-order valence-corrected chi connectivity index (χ2v) is 4.52. The molecule has 0 unspecified atom stereocenters. The molecule has 7 heteroatoms. The number of rotatable bonds is 5. The summed E-state index contributed by atoms with van der Waals surface area (Å²) in [5.41, 5.74) is 0. The predicted molar refractivity (Wildman–Crippen MR) is 59.9 cm³/mol. The minimum Gasteiger partial charge on any atom is -0.494 e. The fourth-order valence-electron chi connectivity index (χ4n) is 1.16. The molecule has 0 bridgehead atoms. The lowest BCUT2D eigenvalue weighted by atomic mass is 10.2. The van der Waals surface area contributed by atoms with Gasteiger partial charge in [0.1, 0.15) is 5.75 Å². The van der Waals surface area contributed by atoms with E-state index in [0.29, 0.717) is 5.75 Å². The third kappa shape index (κ3) is 4.44. The van der Waals surface area contributed by atoms with Gasteiger partial charge in [0, 0.05) is 10.9 Å². The first-order valence-electron chi connectivity index (χ1n) is 5.05. The topological polar surface area (TPSA) is 9.23 Å². The normalized spacial score (nSPS) is 12.6. The number of ether oxygens (including phenoxy) is 1. The average molecular weight is 333 g/mol. The lowest BCUT2D eigenvalue weighted by molar-refractivity contribution is -0.284. The Kier molecular flexibility index (Phi) is 4.95. The number of halogens is 6. The van der Waals surface area contributed by atoms with Crippen LogP contribution in [0.25, 0.3) is 0 Å². The summed E-state index contributed by atoms with van der Waals surface area (Å²) >= 11 is 3.20. The SMILES string of the molecule is FC(F)(F)C(F)(F)CCCOc1ccc(Br)cc1. The van der Waals surface area contributed by atoms with E-state index in [9.17, 15) is 22.0 Å². The first kappa shape index (κ1) is 15.2. The molecule has 0 aliphatic heterocycles. The zero-order chi connectivity index (χ0) is 13.8. The van der Waals surface area contributed by atoms with Gasteiger partial charge in [0.15, 0.2) is 0 Å². The quantitative estimate of drug-likeness (QED) is 0.555. The van der Waals surface area contributed by atoms with Crippen molar-refractivity contribution in [2.24, 2.45) is 0 Å². The van der Waals surface area contributed by atoms with Crippen LogP contribution < -0.4 is 4.74 Å². The van der Waals surface area contributed by atoms with Gasteiger partial charge in [-0.2, -0.15) is 22.0 Å². The molecular weight excluding hydrogens is 323 g/mol. The molecule has 1 rings (SSSR count). The molecule has 1 aromatic carbocycles. The van der Waals surface area contributed by atoms with Crippen LogP contribution in [-0.4, -0.2) is 18.7 Å². The van der Waals surface area contributed by atoms with Crippen molar-refractivity contribution in [1.29, 1.82) is 0 Å². The van der Waals surface area contributed by atoms with Crippen molar-refractivity contribution in [3.05, 3.63) is 28.7 Å². The molecule has 0 saturated carbocycles. The summed E-state index contributed by atoms with van der Waals surface area (Å²) in [7, 11) is 0. The van der Waals surface area contributed by atoms with Gasteiger partial charge in [-0.25, -0.2) is 0 Å². The van der Waals surface area contributed by atoms with Gasteiger partial charge in [-0.05, 0) is 30.7 Å². The van der Waals surface area contributed by atoms with E-state index in [1.54, 1.807) is 24.3 Å². The van der Waals surface area contributed by atoms with E-state index < -0.39 is 18.5 Å². The molecule has 0 spiro atoms. The molecule has 0 atom stereocenters. The first-order chi connectivity index (χ1) is 8.22. The summed E-state index contributed by atoms with van der Waals surface area (Å²) in [4.78, 5) is 0. The molecule has 0 aromatic heterocycles. The van der Waals surface area contributed by atoms with E-state index in [4.69, 9.17) is 4.74 Å². The third-order valence-corrected chi connectivity index (χ3v) is 2.66. The van der Waals surface area contributed by atoms with Crippen LogP contribution in [0.15, 0.2) is 28.7 Å². The van der Waals surface area contributed by atoms with E-state index in [1.165, 1.54) is 0 Å². The lowest BCUT2D eigenvalue weighted by Gasteiger charge is -2.19. The maximum absolute atomic E-state index is 12.5. The Labute approximate surface area is 109 Å². The summed E-state index contributed by atoms with van der Waals surface area (Å²) in [6.07, 6.45) is -7.14. The number of alkyl halides is 5. The zero-order valence-corrected chi connectivity index (χ0v) is 10.7. The summed E-state index contributed by atoms with van der Waals surface area (Å²) in [5.74, 6) is -4.23. The van der Waals surface area contributed by atoms with Gasteiger partial charge in [-0.3, -0.25) is 0 Å². The molecule has 1 nitrogen and oxygen atoms in total. The highest BCUT2D eigenvalue weighted by molar-refractivity contribution is 9.10. The number of hydrogen-bond donors (Lipinski definition) is 0. The maximum atomic E-state index is 12.5. The van der Waals surface area contributed by atoms with Crippen LogP contribution in [0, 0.1) is 0 Å². The van der Waals surface area contributed by atoms with Gasteiger partial charge in [-0.1, -0.05) is 15.9 Å². The summed E-state index contributed by atoms with van der Waals surface area (Å²) in [5, 5.41) is 0. The Balaban J connectivity index is 2.33. The molecule has 0 heterocycles. The standard InChI is InChI=1S/C11H10BrF5O/c12-8-2-4-9(5-3-8)18-7-1-6-10(13,14)11(15,16)17/h2-5H,1,6-7H2. The van der Waals surface area contributed by atoms with Crippen molar-refractivity contribution in [2.45, 2.75) is 24.9 Å². The molecule has 0 amide bonds. The molecule has 18 heavy (non-hydrogen) atoms. The molecule has 1 aromatic rings. The minimum absolute atomic E-state index is 0.187. The van der Waals surface area contributed by atoms with E-state index in [1.807, 2.05) is 0 Å². The van der Waals surface area contributed by atoms with E-state index >= 15 is 0 Å². The van der Waals surface area contributed by atoms with Gasteiger partial charge in [0.25, 0.3) is 0 Å². The molecule has 0 radical (unpaired) electrons. The van der Waals surface area contributed by atoms with Crippen molar-refractivity contribution in [1.82, 2.24) is 0 Å². The summed E-state index contributed by atoms with van der Waals surface area (Å²) in [6, 6.07) is 6.54. The van der Waals surface area contributed by atoms with Crippen LogP contribution in [0.3, 0.4) is 0 Å². The highest BCUT2D eigenvalue weighted by Crippen LogP contribution is 2.38. The zero-order valence-electron chi connectivity index (χ0n) is 9.11. The summed E-state index contributed by atoms with van der Waals surface area (Å²) < 4.78 is 66.4. The van der Waals surface area contributed by atoms with Gasteiger partial charge >= 0.3 is 12.1 Å². The average Bonchev–Trinajstić information content (AvgIpc) is 2.25. The lowest BCUT2D eigenvalue weighted by Crippen LogP contribution is -2.36. The second kappa shape index (κ2) is 5.86. The van der Waals surface area contributed by atoms with Crippen molar-refractivity contribution in [3.63, 3.8) is 0 Å². The largest absolute Gasteiger partial charge is 0.494 e. The Morgan fingerprint density at radius 2 is 1.56 bits per heavy atom. The predicted octanol–water partition coefficient (Wildman–Crippen LogP) is 4.81. The monoisotopic (exact) mass is 332 g/mol. The number of hydrogen-bond acceptors (Lipinski definition) is 1. The fraction of sp³-hybridized carbons (Fsp3) is 0.455. The number of benzene rings is 1. The highest BCUT2D eigenvalue weighted by atomic mass is 79.9. The van der Waals surface area contributed by atoms with Gasteiger partial charge < -0.3 is 4.74 Å². The molecule has 0 aliphatic carbocycles. The van der Waals surface area contributed by atoms with Gasteiger partial charge in [-0.15, -0.1) is 0 Å². The minimum atomic E-state index is -5.50. The third-order valence-electron chi connectivity index (χ3n) is 2.13. The summed E-state index contributed by atoms with van der Waals surface area (Å²) in [6.45, 7) is -0.187. The fourth-order valence-corrected chi connectivity index (χ4v) is 1.42. The Morgan fingerprint density at radius 1 is 1.00 bits per heavy atom. The Hall–Kier alpha value is -0.850. The van der Waals surface area contributed by atoms with Crippen LogP contribution >= 0.6 is 15.9 Å². The molecule has 102 valence electrons. The Bertz CT molecular complexity index is 374. The second-order valence-electron chi connectivity index (χ2n) is 3.61. The maximum Gasteiger partial charge on any atom is 0.453 e. The van der Waals surface area contributed by atoms with Gasteiger partial charge in [0.05, 0.1) is 6.61 Å². The first-order valence-corrected chi connectivity index (χ1v) is 5.84. The molecule has 0 aliphatic rings. The molecule has 0 fully saturated rings. The van der Waals surface area contributed by atoms with Gasteiger partial charge in [0.2, 0.25) is 0 Å².